The Balaban J connectivity index is 2.57. The summed E-state index contributed by atoms with van der Waals surface area (Å²) in [7, 11) is 0. The van der Waals surface area contributed by atoms with Crippen molar-refractivity contribution in [1.82, 2.24) is 5.32 Å². The van der Waals surface area contributed by atoms with E-state index in [2.05, 4.69) is 19.2 Å². The van der Waals surface area contributed by atoms with Crippen LogP contribution in [0.25, 0.3) is 0 Å². The number of carbonyl (C=O) groups excluding carboxylic acids is 1. The Morgan fingerprint density at radius 3 is 2.40 bits per heavy atom. The molecule has 0 fully saturated rings. The fourth-order valence-electron chi connectivity index (χ4n) is 1.77. The maximum atomic E-state index is 11.8. The Kier molecular flexibility index (Phi) is 6.56. The summed E-state index contributed by atoms with van der Waals surface area (Å²) in [4.78, 5) is 24.3. The lowest BCUT2D eigenvalue weighted by atomic mass is 10.1. The molecule has 0 saturated heterocycles. The van der Waals surface area contributed by atoms with Crippen LogP contribution in [0.1, 0.15) is 20.3 Å². The first kappa shape index (κ1) is 16.0. The van der Waals surface area contributed by atoms with Gasteiger partial charge in [0.2, 0.25) is 5.91 Å². The molecular formula is C15H22N2O3. The molecule has 0 radical (unpaired) electrons. The van der Waals surface area contributed by atoms with Crippen LogP contribution in [-0.4, -0.2) is 36.6 Å². The summed E-state index contributed by atoms with van der Waals surface area (Å²) < 4.78 is 0. The van der Waals surface area contributed by atoms with Crippen molar-refractivity contribution in [2.24, 2.45) is 5.92 Å². The molecule has 110 valence electrons. The number of amides is 1. The third-order valence-electron chi connectivity index (χ3n) is 2.83. The van der Waals surface area contributed by atoms with Gasteiger partial charge in [0.05, 0.1) is 6.54 Å². The first-order chi connectivity index (χ1) is 9.49. The summed E-state index contributed by atoms with van der Waals surface area (Å²) in [6, 6.07) is 9.08. The maximum absolute atomic E-state index is 11.8. The van der Waals surface area contributed by atoms with E-state index < -0.39 is 5.97 Å². The van der Waals surface area contributed by atoms with Gasteiger partial charge >= 0.3 is 5.97 Å². The SMILES string of the molecule is CC(C)CCNC(=O)CN(CC(=O)O)c1ccccc1. The second-order valence-corrected chi connectivity index (χ2v) is 5.12. The minimum absolute atomic E-state index is 0.0500. The summed E-state index contributed by atoms with van der Waals surface area (Å²) in [6.45, 7) is 4.65. The highest BCUT2D eigenvalue weighted by atomic mass is 16.4. The van der Waals surface area contributed by atoms with Crippen molar-refractivity contribution in [2.75, 3.05) is 24.5 Å². The number of carbonyl (C=O) groups is 2. The van der Waals surface area contributed by atoms with Crippen LogP contribution in [0.5, 0.6) is 0 Å². The summed E-state index contributed by atoms with van der Waals surface area (Å²) in [5, 5.41) is 11.7. The highest BCUT2D eigenvalue weighted by Gasteiger charge is 2.14. The average Bonchev–Trinajstić information content (AvgIpc) is 2.38. The fraction of sp³-hybridized carbons (Fsp3) is 0.467. The molecule has 20 heavy (non-hydrogen) atoms. The van der Waals surface area contributed by atoms with Crippen molar-refractivity contribution >= 4 is 17.6 Å². The van der Waals surface area contributed by atoms with E-state index in [4.69, 9.17) is 5.11 Å². The maximum Gasteiger partial charge on any atom is 0.323 e. The Bertz CT molecular complexity index is 432. The van der Waals surface area contributed by atoms with Crippen molar-refractivity contribution in [3.63, 3.8) is 0 Å². The number of rotatable bonds is 8. The van der Waals surface area contributed by atoms with E-state index in [1.54, 1.807) is 17.0 Å². The minimum Gasteiger partial charge on any atom is -0.480 e. The van der Waals surface area contributed by atoms with E-state index in [-0.39, 0.29) is 19.0 Å². The smallest absolute Gasteiger partial charge is 0.323 e. The molecule has 2 N–H and O–H groups in total. The third kappa shape index (κ3) is 6.22. The predicted molar refractivity (Wildman–Crippen MR) is 78.8 cm³/mol. The van der Waals surface area contributed by atoms with E-state index in [0.717, 1.165) is 12.1 Å². The number of benzene rings is 1. The Morgan fingerprint density at radius 2 is 1.85 bits per heavy atom. The van der Waals surface area contributed by atoms with Gasteiger partial charge in [0.15, 0.2) is 0 Å². The molecule has 1 aromatic rings. The van der Waals surface area contributed by atoms with Crippen LogP contribution in [-0.2, 0) is 9.59 Å². The van der Waals surface area contributed by atoms with Crippen molar-refractivity contribution in [1.29, 1.82) is 0 Å². The molecule has 5 nitrogen and oxygen atoms in total. The zero-order valence-electron chi connectivity index (χ0n) is 12.0. The molecule has 0 heterocycles. The lowest BCUT2D eigenvalue weighted by Crippen LogP contribution is -2.40. The van der Waals surface area contributed by atoms with Crippen LogP contribution < -0.4 is 10.2 Å². The molecule has 0 spiro atoms. The summed E-state index contributed by atoms with van der Waals surface area (Å²) in [5.41, 5.74) is 0.730. The molecule has 0 aliphatic heterocycles. The van der Waals surface area contributed by atoms with Crippen LogP contribution in [0, 0.1) is 5.92 Å². The van der Waals surface area contributed by atoms with Gasteiger partial charge in [-0.25, -0.2) is 0 Å². The van der Waals surface area contributed by atoms with Gasteiger partial charge in [0.25, 0.3) is 0 Å². The van der Waals surface area contributed by atoms with Crippen LogP contribution in [0.3, 0.4) is 0 Å². The van der Waals surface area contributed by atoms with Gasteiger partial charge in [-0.1, -0.05) is 32.0 Å². The van der Waals surface area contributed by atoms with Gasteiger partial charge < -0.3 is 15.3 Å². The highest BCUT2D eigenvalue weighted by Crippen LogP contribution is 2.12. The largest absolute Gasteiger partial charge is 0.480 e. The van der Waals surface area contributed by atoms with Crippen molar-refractivity contribution < 1.29 is 14.7 Å². The topological polar surface area (TPSA) is 69.6 Å². The number of hydrogen-bond acceptors (Lipinski definition) is 3. The van der Waals surface area contributed by atoms with E-state index in [9.17, 15) is 9.59 Å². The first-order valence-electron chi connectivity index (χ1n) is 6.77. The number of nitrogens with zero attached hydrogens (tertiary/aromatic N) is 1. The molecule has 0 unspecified atom stereocenters. The van der Waals surface area contributed by atoms with Gasteiger partial charge in [0, 0.05) is 12.2 Å². The lowest BCUT2D eigenvalue weighted by Gasteiger charge is -2.22. The van der Waals surface area contributed by atoms with Crippen LogP contribution in [0.15, 0.2) is 30.3 Å². The standard InChI is InChI=1S/C15H22N2O3/c1-12(2)8-9-16-14(18)10-17(11-15(19)20)13-6-4-3-5-7-13/h3-7,12H,8-11H2,1-2H3,(H,16,18)(H,19,20). The average molecular weight is 278 g/mol. The molecule has 0 aromatic heterocycles. The summed E-state index contributed by atoms with van der Waals surface area (Å²) in [5.74, 6) is -0.584. The molecule has 0 saturated carbocycles. The van der Waals surface area contributed by atoms with Gasteiger partial charge in [-0.3, -0.25) is 9.59 Å². The van der Waals surface area contributed by atoms with Crippen molar-refractivity contribution in [3.05, 3.63) is 30.3 Å². The van der Waals surface area contributed by atoms with Gasteiger partial charge in [-0.15, -0.1) is 0 Å². The van der Waals surface area contributed by atoms with Crippen molar-refractivity contribution in [2.45, 2.75) is 20.3 Å². The first-order valence-corrected chi connectivity index (χ1v) is 6.77. The van der Waals surface area contributed by atoms with Crippen LogP contribution in [0.4, 0.5) is 5.69 Å². The van der Waals surface area contributed by atoms with Gasteiger partial charge in [-0.05, 0) is 24.5 Å². The Hall–Kier alpha value is -2.04. The molecule has 5 heteroatoms. The van der Waals surface area contributed by atoms with E-state index in [1.165, 1.54) is 0 Å². The highest BCUT2D eigenvalue weighted by molar-refractivity contribution is 5.84. The summed E-state index contributed by atoms with van der Waals surface area (Å²) >= 11 is 0. The normalized spacial score (nSPS) is 10.3. The number of nitrogens with one attached hydrogen (secondary N) is 1. The van der Waals surface area contributed by atoms with E-state index >= 15 is 0 Å². The summed E-state index contributed by atoms with van der Waals surface area (Å²) in [6.07, 6.45) is 0.913. The molecule has 1 rings (SSSR count). The second-order valence-electron chi connectivity index (χ2n) is 5.12. The van der Waals surface area contributed by atoms with Crippen molar-refractivity contribution in [3.8, 4) is 0 Å². The number of para-hydroxylation sites is 1. The van der Waals surface area contributed by atoms with E-state index in [1.807, 2.05) is 18.2 Å². The fourth-order valence-corrected chi connectivity index (χ4v) is 1.77. The molecule has 0 atom stereocenters. The van der Waals surface area contributed by atoms with Crippen LogP contribution >= 0.6 is 0 Å². The Morgan fingerprint density at radius 1 is 1.20 bits per heavy atom. The number of aliphatic carboxylic acids is 1. The Labute approximate surface area is 119 Å². The number of anilines is 1. The molecule has 0 aliphatic rings. The van der Waals surface area contributed by atoms with E-state index in [0.29, 0.717) is 12.5 Å². The molecule has 1 aromatic carbocycles. The number of carboxylic acid groups (broad SMARTS) is 1. The molecule has 1 amide bonds. The number of carboxylic acids is 1. The number of hydrogen-bond donors (Lipinski definition) is 2. The molecule has 0 bridgehead atoms. The van der Waals surface area contributed by atoms with Crippen LogP contribution in [0.2, 0.25) is 0 Å². The zero-order chi connectivity index (χ0) is 15.0. The van der Waals surface area contributed by atoms with Gasteiger partial charge in [0.1, 0.15) is 6.54 Å². The predicted octanol–water partition coefficient (Wildman–Crippen LogP) is 1.74. The second kappa shape index (κ2) is 8.19. The molecule has 0 aliphatic carbocycles. The monoisotopic (exact) mass is 278 g/mol. The lowest BCUT2D eigenvalue weighted by molar-refractivity contribution is -0.135. The molecular weight excluding hydrogens is 256 g/mol. The minimum atomic E-state index is -0.955. The zero-order valence-corrected chi connectivity index (χ0v) is 12.0. The quantitative estimate of drug-likeness (QED) is 0.760. The third-order valence-corrected chi connectivity index (χ3v) is 2.83. The van der Waals surface area contributed by atoms with Gasteiger partial charge in [-0.2, -0.15) is 0 Å².